The third kappa shape index (κ3) is 2.33. The molecule has 5 heteroatoms. The average Bonchev–Trinajstić information content (AvgIpc) is 2.80. The summed E-state index contributed by atoms with van der Waals surface area (Å²) in [7, 11) is 0. The van der Waals surface area contributed by atoms with Crippen LogP contribution in [0.15, 0.2) is 48.9 Å². The average molecular weight is 215 g/mol. The van der Waals surface area contributed by atoms with Crippen LogP contribution in [0, 0.1) is 10.1 Å². The number of rotatable bonds is 3. The number of nitro groups is 1. The summed E-state index contributed by atoms with van der Waals surface area (Å²) < 4.78 is 1.72. The van der Waals surface area contributed by atoms with E-state index in [1.165, 1.54) is 6.08 Å². The van der Waals surface area contributed by atoms with E-state index < -0.39 is 4.92 Å². The fourth-order valence-electron chi connectivity index (χ4n) is 1.31. The van der Waals surface area contributed by atoms with Crippen LogP contribution in [0.1, 0.15) is 5.56 Å². The van der Waals surface area contributed by atoms with E-state index in [9.17, 15) is 10.1 Å². The Bertz CT molecular complexity index is 501. The van der Waals surface area contributed by atoms with Crippen LogP contribution in [0.3, 0.4) is 0 Å². The summed E-state index contributed by atoms with van der Waals surface area (Å²) in [4.78, 5) is 9.65. The zero-order valence-corrected chi connectivity index (χ0v) is 8.35. The zero-order chi connectivity index (χ0) is 11.4. The number of hydrogen-bond acceptors (Lipinski definition) is 3. The monoisotopic (exact) mass is 215 g/mol. The van der Waals surface area contributed by atoms with Gasteiger partial charge in [-0.1, -0.05) is 12.1 Å². The standard InChI is InChI=1S/C11H9N3O2/c15-14(16)9-6-10-2-4-11(5-3-10)13-8-1-7-12-13/h1-9H/b9-6+. The zero-order valence-electron chi connectivity index (χ0n) is 8.35. The summed E-state index contributed by atoms with van der Waals surface area (Å²) >= 11 is 0. The molecule has 0 saturated carbocycles. The lowest BCUT2D eigenvalue weighted by atomic mass is 10.2. The molecule has 2 aromatic rings. The molecule has 5 nitrogen and oxygen atoms in total. The molecular formula is C11H9N3O2. The number of nitrogens with zero attached hydrogens (tertiary/aromatic N) is 3. The van der Waals surface area contributed by atoms with Gasteiger partial charge in [0, 0.05) is 18.5 Å². The molecule has 0 amide bonds. The normalized spacial score (nSPS) is 10.8. The molecule has 0 N–H and O–H groups in total. The molecule has 0 unspecified atom stereocenters. The predicted octanol–water partition coefficient (Wildman–Crippen LogP) is 2.12. The van der Waals surface area contributed by atoms with E-state index in [1.807, 2.05) is 24.4 Å². The van der Waals surface area contributed by atoms with E-state index in [1.54, 1.807) is 23.0 Å². The third-order valence-corrected chi connectivity index (χ3v) is 2.05. The van der Waals surface area contributed by atoms with Crippen molar-refractivity contribution >= 4 is 6.08 Å². The summed E-state index contributed by atoms with van der Waals surface area (Å²) in [6.45, 7) is 0. The molecule has 1 aromatic carbocycles. The molecular weight excluding hydrogens is 206 g/mol. The highest BCUT2D eigenvalue weighted by molar-refractivity contribution is 5.50. The van der Waals surface area contributed by atoms with E-state index in [2.05, 4.69) is 5.10 Å². The minimum absolute atomic E-state index is 0.485. The van der Waals surface area contributed by atoms with Crippen LogP contribution in [-0.2, 0) is 0 Å². The van der Waals surface area contributed by atoms with Gasteiger partial charge in [0.05, 0.1) is 10.6 Å². The van der Waals surface area contributed by atoms with Gasteiger partial charge in [0.15, 0.2) is 0 Å². The maximum Gasteiger partial charge on any atom is 0.235 e. The van der Waals surface area contributed by atoms with Crippen LogP contribution in [0.5, 0.6) is 0 Å². The van der Waals surface area contributed by atoms with Crippen molar-refractivity contribution in [3.63, 3.8) is 0 Å². The van der Waals surface area contributed by atoms with Crippen molar-refractivity contribution in [1.29, 1.82) is 0 Å². The van der Waals surface area contributed by atoms with Crippen LogP contribution in [0.25, 0.3) is 11.8 Å². The second-order valence-corrected chi connectivity index (χ2v) is 3.14. The molecule has 0 aliphatic heterocycles. The van der Waals surface area contributed by atoms with Crippen molar-refractivity contribution in [2.75, 3.05) is 0 Å². The van der Waals surface area contributed by atoms with Crippen LogP contribution in [0.4, 0.5) is 0 Å². The van der Waals surface area contributed by atoms with Gasteiger partial charge in [-0.2, -0.15) is 5.10 Å². The second kappa shape index (κ2) is 4.39. The van der Waals surface area contributed by atoms with Crippen molar-refractivity contribution in [2.24, 2.45) is 0 Å². The fourth-order valence-corrected chi connectivity index (χ4v) is 1.31. The van der Waals surface area contributed by atoms with Crippen molar-refractivity contribution < 1.29 is 4.92 Å². The van der Waals surface area contributed by atoms with Crippen LogP contribution in [-0.4, -0.2) is 14.7 Å². The van der Waals surface area contributed by atoms with Crippen LogP contribution >= 0.6 is 0 Å². The first-order valence-electron chi connectivity index (χ1n) is 4.67. The Morgan fingerprint density at radius 2 is 2.06 bits per heavy atom. The molecule has 1 aromatic heterocycles. The van der Waals surface area contributed by atoms with E-state index >= 15 is 0 Å². The first-order chi connectivity index (χ1) is 7.75. The quantitative estimate of drug-likeness (QED) is 0.582. The van der Waals surface area contributed by atoms with Crippen molar-refractivity contribution in [1.82, 2.24) is 9.78 Å². The maximum atomic E-state index is 10.1. The Balaban J connectivity index is 2.20. The topological polar surface area (TPSA) is 61.0 Å². The van der Waals surface area contributed by atoms with Gasteiger partial charge in [-0.25, -0.2) is 4.68 Å². The molecule has 80 valence electrons. The van der Waals surface area contributed by atoms with Gasteiger partial charge in [0.1, 0.15) is 0 Å². The highest BCUT2D eigenvalue weighted by Gasteiger charge is 1.95. The Hall–Kier alpha value is -2.43. The molecule has 0 aliphatic carbocycles. The highest BCUT2D eigenvalue weighted by atomic mass is 16.6. The molecule has 0 atom stereocenters. The highest BCUT2D eigenvalue weighted by Crippen LogP contribution is 2.09. The fraction of sp³-hybridized carbons (Fsp3) is 0. The van der Waals surface area contributed by atoms with E-state index in [0.717, 1.165) is 17.5 Å². The van der Waals surface area contributed by atoms with Crippen molar-refractivity contribution in [3.05, 3.63) is 64.6 Å². The Labute approximate surface area is 91.8 Å². The lowest BCUT2D eigenvalue weighted by Gasteiger charge is -2.00. The van der Waals surface area contributed by atoms with Gasteiger partial charge < -0.3 is 0 Å². The summed E-state index contributed by atoms with van der Waals surface area (Å²) in [6.07, 6.45) is 5.90. The largest absolute Gasteiger partial charge is 0.259 e. The van der Waals surface area contributed by atoms with Crippen molar-refractivity contribution in [2.45, 2.75) is 0 Å². The number of aromatic nitrogens is 2. The van der Waals surface area contributed by atoms with Gasteiger partial charge in [0.2, 0.25) is 6.20 Å². The lowest BCUT2D eigenvalue weighted by molar-refractivity contribution is -0.400. The van der Waals surface area contributed by atoms with Crippen LogP contribution in [0.2, 0.25) is 0 Å². The summed E-state index contributed by atoms with van der Waals surface area (Å²) in [5, 5.41) is 14.2. The van der Waals surface area contributed by atoms with E-state index in [-0.39, 0.29) is 0 Å². The molecule has 16 heavy (non-hydrogen) atoms. The molecule has 1 heterocycles. The first kappa shape index (κ1) is 10.1. The molecule has 0 spiro atoms. The summed E-state index contributed by atoms with van der Waals surface area (Å²) in [5.74, 6) is 0. The lowest BCUT2D eigenvalue weighted by Crippen LogP contribution is -1.93. The van der Waals surface area contributed by atoms with E-state index in [0.29, 0.717) is 0 Å². The van der Waals surface area contributed by atoms with Gasteiger partial charge in [-0.15, -0.1) is 0 Å². The van der Waals surface area contributed by atoms with Gasteiger partial charge in [-0.05, 0) is 23.8 Å². The second-order valence-electron chi connectivity index (χ2n) is 3.14. The molecule has 0 bridgehead atoms. The Morgan fingerprint density at radius 1 is 1.31 bits per heavy atom. The summed E-state index contributed by atoms with van der Waals surface area (Å²) in [5.41, 5.74) is 1.70. The van der Waals surface area contributed by atoms with E-state index in [4.69, 9.17) is 0 Å². The predicted molar refractivity (Wildman–Crippen MR) is 59.6 cm³/mol. The maximum absolute atomic E-state index is 10.1. The van der Waals surface area contributed by atoms with Crippen LogP contribution < -0.4 is 0 Å². The van der Waals surface area contributed by atoms with Crippen molar-refractivity contribution in [3.8, 4) is 5.69 Å². The Kier molecular flexibility index (Phi) is 2.77. The SMILES string of the molecule is O=[N+]([O-])/C=C/c1ccc(-n2cccn2)cc1. The summed E-state index contributed by atoms with van der Waals surface area (Å²) in [6, 6.07) is 9.15. The third-order valence-electron chi connectivity index (χ3n) is 2.05. The smallest absolute Gasteiger partial charge is 0.235 e. The first-order valence-corrected chi connectivity index (χ1v) is 4.67. The van der Waals surface area contributed by atoms with Gasteiger partial charge in [0.25, 0.3) is 0 Å². The molecule has 0 aliphatic rings. The molecule has 0 radical (unpaired) electrons. The van der Waals surface area contributed by atoms with Gasteiger partial charge >= 0.3 is 0 Å². The van der Waals surface area contributed by atoms with Gasteiger partial charge in [-0.3, -0.25) is 10.1 Å². The molecule has 0 fully saturated rings. The molecule has 0 saturated heterocycles. The minimum atomic E-state index is -0.485. The number of benzene rings is 1. The number of hydrogen-bond donors (Lipinski definition) is 0. The molecule has 2 rings (SSSR count). The Morgan fingerprint density at radius 3 is 2.62 bits per heavy atom. The minimum Gasteiger partial charge on any atom is -0.259 e.